The van der Waals surface area contributed by atoms with Crippen LogP contribution < -0.4 is 0 Å². The first-order valence-corrected chi connectivity index (χ1v) is 14.6. The van der Waals surface area contributed by atoms with Gasteiger partial charge in [0.25, 0.3) is 5.91 Å². The standard InChI is InChI=1S/C33H40N2O2S/c1-6-8-9-24-10-12-26(13-11-24)32(37)34(20-7-2)23-30(36)35-21-18-29-28(19-22-38-29)31(35)25-14-16-27(17-15-25)33(3,4)5/h7,10-17,19,22,31H,2,6,8-9,18,20-21,23H2,1,3-5H3/t31-/m0/s1. The molecule has 2 heterocycles. The molecule has 0 fully saturated rings. The molecular formula is C33H40N2O2S. The van der Waals surface area contributed by atoms with Gasteiger partial charge in [0.15, 0.2) is 0 Å². The first-order valence-electron chi connectivity index (χ1n) is 13.7. The van der Waals surface area contributed by atoms with Gasteiger partial charge in [-0.1, -0.05) is 76.6 Å². The van der Waals surface area contributed by atoms with Crippen LogP contribution in [0.5, 0.6) is 0 Å². The van der Waals surface area contributed by atoms with Crippen molar-refractivity contribution in [2.24, 2.45) is 0 Å². The average molecular weight is 529 g/mol. The summed E-state index contributed by atoms with van der Waals surface area (Å²) in [5.74, 6) is -0.180. The van der Waals surface area contributed by atoms with E-state index >= 15 is 0 Å². The number of aryl methyl sites for hydroxylation is 1. The monoisotopic (exact) mass is 528 g/mol. The summed E-state index contributed by atoms with van der Waals surface area (Å²) in [6, 6.07) is 18.5. The number of thiophene rings is 1. The second-order valence-corrected chi connectivity index (χ2v) is 12.2. The van der Waals surface area contributed by atoms with Gasteiger partial charge >= 0.3 is 0 Å². The van der Waals surface area contributed by atoms with Crippen molar-refractivity contribution in [1.29, 1.82) is 0 Å². The second-order valence-electron chi connectivity index (χ2n) is 11.2. The minimum Gasteiger partial charge on any atom is -0.330 e. The van der Waals surface area contributed by atoms with Crippen molar-refractivity contribution in [3.05, 3.63) is 105 Å². The molecule has 1 aromatic heterocycles. The lowest BCUT2D eigenvalue weighted by Crippen LogP contribution is -2.46. The highest BCUT2D eigenvalue weighted by atomic mass is 32.1. The Labute approximate surface area is 232 Å². The summed E-state index contributed by atoms with van der Waals surface area (Å²) in [6.45, 7) is 13.6. The zero-order valence-electron chi connectivity index (χ0n) is 23.2. The van der Waals surface area contributed by atoms with Crippen molar-refractivity contribution in [3.63, 3.8) is 0 Å². The lowest BCUT2D eigenvalue weighted by molar-refractivity contribution is -0.133. The van der Waals surface area contributed by atoms with Crippen LogP contribution in [-0.2, 0) is 23.1 Å². The highest BCUT2D eigenvalue weighted by Crippen LogP contribution is 2.38. The third kappa shape index (κ3) is 6.27. The summed E-state index contributed by atoms with van der Waals surface area (Å²) in [4.78, 5) is 32.2. The van der Waals surface area contributed by atoms with Gasteiger partial charge in [0.2, 0.25) is 5.91 Å². The predicted molar refractivity (Wildman–Crippen MR) is 158 cm³/mol. The molecule has 0 radical (unpaired) electrons. The van der Waals surface area contributed by atoms with E-state index < -0.39 is 0 Å². The van der Waals surface area contributed by atoms with Crippen molar-refractivity contribution in [2.75, 3.05) is 19.6 Å². The topological polar surface area (TPSA) is 40.6 Å². The van der Waals surface area contributed by atoms with E-state index in [2.05, 4.69) is 70.0 Å². The van der Waals surface area contributed by atoms with E-state index in [0.29, 0.717) is 18.7 Å². The van der Waals surface area contributed by atoms with Crippen molar-refractivity contribution in [3.8, 4) is 0 Å². The van der Waals surface area contributed by atoms with Crippen molar-refractivity contribution in [1.82, 2.24) is 9.80 Å². The molecule has 0 saturated heterocycles. The quantitative estimate of drug-likeness (QED) is 0.276. The summed E-state index contributed by atoms with van der Waals surface area (Å²) < 4.78 is 0. The van der Waals surface area contributed by atoms with E-state index in [-0.39, 0.29) is 29.8 Å². The van der Waals surface area contributed by atoms with Gasteiger partial charge in [-0.25, -0.2) is 0 Å². The van der Waals surface area contributed by atoms with Crippen molar-refractivity contribution < 1.29 is 9.59 Å². The number of benzene rings is 2. The van der Waals surface area contributed by atoms with Crippen LogP contribution in [0.4, 0.5) is 0 Å². The number of carbonyl (C=O) groups is 2. The van der Waals surface area contributed by atoms with Gasteiger partial charge in [-0.05, 0) is 70.5 Å². The summed E-state index contributed by atoms with van der Waals surface area (Å²) in [5, 5.41) is 2.12. The third-order valence-corrected chi connectivity index (χ3v) is 8.36. The number of unbranched alkanes of at least 4 members (excludes halogenated alkanes) is 1. The van der Waals surface area contributed by atoms with Gasteiger partial charge in [0, 0.05) is 23.5 Å². The molecule has 0 aliphatic carbocycles. The zero-order chi connectivity index (χ0) is 27.3. The molecule has 1 aliphatic heterocycles. The minimum atomic E-state index is -0.148. The van der Waals surface area contributed by atoms with E-state index in [1.165, 1.54) is 21.6 Å². The van der Waals surface area contributed by atoms with E-state index in [4.69, 9.17) is 0 Å². The Bertz CT molecular complexity index is 1250. The molecule has 2 aromatic carbocycles. The summed E-state index contributed by atoms with van der Waals surface area (Å²) in [7, 11) is 0. The highest BCUT2D eigenvalue weighted by molar-refractivity contribution is 7.10. The maximum Gasteiger partial charge on any atom is 0.254 e. The number of amides is 2. The van der Waals surface area contributed by atoms with Crippen LogP contribution in [0.2, 0.25) is 0 Å². The molecule has 0 unspecified atom stereocenters. The maximum atomic E-state index is 13.8. The molecule has 5 heteroatoms. The molecule has 0 bridgehead atoms. The third-order valence-electron chi connectivity index (χ3n) is 7.36. The van der Waals surface area contributed by atoms with Crippen molar-refractivity contribution in [2.45, 2.75) is 64.8 Å². The lowest BCUT2D eigenvalue weighted by Gasteiger charge is -2.37. The molecule has 38 heavy (non-hydrogen) atoms. The summed E-state index contributed by atoms with van der Waals surface area (Å²) in [6.07, 6.45) is 5.81. The summed E-state index contributed by atoms with van der Waals surface area (Å²) >= 11 is 1.76. The number of hydrogen-bond donors (Lipinski definition) is 0. The smallest absolute Gasteiger partial charge is 0.254 e. The van der Waals surface area contributed by atoms with Gasteiger partial charge < -0.3 is 9.80 Å². The van der Waals surface area contributed by atoms with Crippen molar-refractivity contribution >= 4 is 23.2 Å². The summed E-state index contributed by atoms with van der Waals surface area (Å²) in [5.41, 5.74) is 5.47. The molecule has 0 spiro atoms. The van der Waals surface area contributed by atoms with E-state index in [1.807, 2.05) is 29.2 Å². The molecule has 4 rings (SSSR count). The first-order chi connectivity index (χ1) is 18.2. The van der Waals surface area contributed by atoms with E-state index in [1.54, 1.807) is 22.3 Å². The fourth-order valence-corrected chi connectivity index (χ4v) is 6.02. The Morgan fingerprint density at radius 1 is 1.08 bits per heavy atom. The minimum absolute atomic E-state index is 0.0263. The van der Waals surface area contributed by atoms with Gasteiger partial charge in [-0.2, -0.15) is 0 Å². The SMILES string of the molecule is C=CCN(CC(=O)N1CCc2sccc2[C@@H]1c1ccc(C(C)(C)C)cc1)C(=O)c1ccc(CCCC)cc1. The Balaban J connectivity index is 1.56. The number of nitrogens with zero attached hydrogens (tertiary/aromatic N) is 2. The molecule has 200 valence electrons. The molecule has 3 aromatic rings. The van der Waals surface area contributed by atoms with Gasteiger partial charge in [-0.15, -0.1) is 17.9 Å². The largest absolute Gasteiger partial charge is 0.330 e. The molecular weight excluding hydrogens is 488 g/mol. The molecule has 0 saturated carbocycles. The van der Waals surface area contributed by atoms with Crippen LogP contribution in [-0.4, -0.2) is 41.2 Å². The predicted octanol–water partition coefficient (Wildman–Crippen LogP) is 7.19. The van der Waals surface area contributed by atoms with Crippen LogP contribution in [0.15, 0.2) is 72.6 Å². The number of hydrogen-bond acceptors (Lipinski definition) is 3. The van der Waals surface area contributed by atoms with Crippen LogP contribution in [0.3, 0.4) is 0 Å². The van der Waals surface area contributed by atoms with Crippen LogP contribution in [0, 0.1) is 0 Å². The van der Waals surface area contributed by atoms with Gasteiger partial charge in [0.05, 0.1) is 6.04 Å². The number of fused-ring (bicyclic) bond motifs is 1. The van der Waals surface area contributed by atoms with E-state index in [9.17, 15) is 9.59 Å². The molecule has 4 nitrogen and oxygen atoms in total. The Kier molecular flexibility index (Phi) is 8.88. The van der Waals surface area contributed by atoms with Gasteiger partial charge in [-0.3, -0.25) is 9.59 Å². The second kappa shape index (κ2) is 12.1. The number of rotatable bonds is 9. The van der Waals surface area contributed by atoms with Gasteiger partial charge in [0.1, 0.15) is 6.54 Å². The number of carbonyl (C=O) groups excluding carboxylic acids is 2. The fraction of sp³-hybridized carbons (Fsp3) is 0.394. The molecule has 1 atom stereocenters. The molecule has 2 amide bonds. The Hall–Kier alpha value is -3.18. The average Bonchev–Trinajstić information content (AvgIpc) is 3.39. The first kappa shape index (κ1) is 27.8. The normalized spacial score (nSPS) is 15.2. The lowest BCUT2D eigenvalue weighted by atomic mass is 9.85. The molecule has 1 aliphatic rings. The fourth-order valence-electron chi connectivity index (χ4n) is 5.12. The van der Waals surface area contributed by atoms with Crippen LogP contribution >= 0.6 is 11.3 Å². The highest BCUT2D eigenvalue weighted by Gasteiger charge is 2.34. The Morgan fingerprint density at radius 2 is 1.79 bits per heavy atom. The van der Waals surface area contributed by atoms with Crippen LogP contribution in [0.1, 0.15) is 84.1 Å². The Morgan fingerprint density at radius 3 is 2.42 bits per heavy atom. The van der Waals surface area contributed by atoms with E-state index in [0.717, 1.165) is 31.2 Å². The molecule has 0 N–H and O–H groups in total. The van der Waals surface area contributed by atoms with Crippen LogP contribution in [0.25, 0.3) is 0 Å². The zero-order valence-corrected chi connectivity index (χ0v) is 24.0. The maximum absolute atomic E-state index is 13.8.